The Hall–Kier alpha value is -1.19. The zero-order chi connectivity index (χ0) is 11.6. The van der Waals surface area contributed by atoms with E-state index in [1.54, 1.807) is 0 Å². The lowest BCUT2D eigenvalue weighted by Gasteiger charge is -2.04. The van der Waals surface area contributed by atoms with Crippen LogP contribution in [0.3, 0.4) is 0 Å². The van der Waals surface area contributed by atoms with Crippen LogP contribution in [-0.2, 0) is 20.9 Å². The summed E-state index contributed by atoms with van der Waals surface area (Å²) >= 11 is 0. The minimum atomic E-state index is -0.00983. The summed E-state index contributed by atoms with van der Waals surface area (Å²) in [5.41, 5.74) is 1.07. The summed E-state index contributed by atoms with van der Waals surface area (Å²) in [6.45, 7) is 3.39. The number of benzene rings is 1. The van der Waals surface area contributed by atoms with Crippen molar-refractivity contribution in [2.45, 2.75) is 20.0 Å². The highest BCUT2D eigenvalue weighted by Crippen LogP contribution is 2.00. The summed E-state index contributed by atoms with van der Waals surface area (Å²) in [7, 11) is 0. The molecule has 3 nitrogen and oxygen atoms in total. The maximum Gasteiger partial charge on any atom is 0.183 e. The molecule has 0 spiro atoms. The second-order valence-electron chi connectivity index (χ2n) is 3.57. The van der Waals surface area contributed by atoms with Crippen molar-refractivity contribution < 1.29 is 14.3 Å². The fourth-order valence-corrected chi connectivity index (χ4v) is 1.23. The van der Waals surface area contributed by atoms with E-state index < -0.39 is 0 Å². The van der Waals surface area contributed by atoms with Gasteiger partial charge in [-0.25, -0.2) is 0 Å². The molecule has 0 saturated carbocycles. The Kier molecular flexibility index (Phi) is 6.45. The Morgan fingerprint density at radius 3 is 2.50 bits per heavy atom. The van der Waals surface area contributed by atoms with Crippen LogP contribution in [0, 0.1) is 0 Å². The lowest BCUT2D eigenvalue weighted by Crippen LogP contribution is -2.15. The summed E-state index contributed by atoms with van der Waals surface area (Å²) < 4.78 is 10.4. The fourth-order valence-electron chi connectivity index (χ4n) is 1.23. The van der Waals surface area contributed by atoms with E-state index in [-0.39, 0.29) is 19.0 Å². The molecule has 0 aliphatic heterocycles. The van der Waals surface area contributed by atoms with Crippen molar-refractivity contribution in [3.63, 3.8) is 0 Å². The SMILES string of the molecule is CCCOCC(=O)COCc1ccccc1. The first-order valence-electron chi connectivity index (χ1n) is 5.54. The van der Waals surface area contributed by atoms with E-state index in [1.807, 2.05) is 37.3 Å². The Morgan fingerprint density at radius 1 is 1.12 bits per heavy atom. The molecule has 0 aliphatic rings. The van der Waals surface area contributed by atoms with Crippen LogP contribution in [0.2, 0.25) is 0 Å². The molecule has 1 aromatic carbocycles. The topological polar surface area (TPSA) is 35.5 Å². The summed E-state index contributed by atoms with van der Waals surface area (Å²) in [4.78, 5) is 11.3. The Balaban J connectivity index is 2.09. The molecule has 1 rings (SSSR count). The first kappa shape index (κ1) is 12.9. The number of ketones is 1. The van der Waals surface area contributed by atoms with Crippen LogP contribution in [0.25, 0.3) is 0 Å². The van der Waals surface area contributed by atoms with Gasteiger partial charge in [-0.1, -0.05) is 37.3 Å². The summed E-state index contributed by atoms with van der Waals surface area (Å²) in [6, 6.07) is 9.79. The van der Waals surface area contributed by atoms with Crippen molar-refractivity contribution in [2.24, 2.45) is 0 Å². The fraction of sp³-hybridized carbons (Fsp3) is 0.462. The third-order valence-corrected chi connectivity index (χ3v) is 1.99. The molecule has 0 N–H and O–H groups in total. The molecule has 0 radical (unpaired) electrons. The summed E-state index contributed by atoms with van der Waals surface area (Å²) in [5, 5.41) is 0. The van der Waals surface area contributed by atoms with Crippen molar-refractivity contribution in [1.29, 1.82) is 0 Å². The summed E-state index contributed by atoms with van der Waals surface area (Å²) in [5.74, 6) is -0.00983. The average Bonchev–Trinajstić information content (AvgIpc) is 2.31. The van der Waals surface area contributed by atoms with Gasteiger partial charge in [0, 0.05) is 6.61 Å². The molecule has 0 bridgehead atoms. The normalized spacial score (nSPS) is 10.3. The van der Waals surface area contributed by atoms with E-state index in [9.17, 15) is 4.79 Å². The smallest absolute Gasteiger partial charge is 0.183 e. The first-order chi connectivity index (χ1) is 7.83. The second-order valence-corrected chi connectivity index (χ2v) is 3.57. The Morgan fingerprint density at radius 2 is 1.81 bits per heavy atom. The zero-order valence-corrected chi connectivity index (χ0v) is 9.65. The molecule has 0 amide bonds. The van der Waals surface area contributed by atoms with Crippen LogP contribution in [0.4, 0.5) is 0 Å². The van der Waals surface area contributed by atoms with E-state index in [0.29, 0.717) is 13.2 Å². The van der Waals surface area contributed by atoms with Gasteiger partial charge in [0.15, 0.2) is 5.78 Å². The van der Waals surface area contributed by atoms with Gasteiger partial charge in [0.1, 0.15) is 13.2 Å². The molecule has 0 aromatic heterocycles. The van der Waals surface area contributed by atoms with Gasteiger partial charge in [-0.3, -0.25) is 4.79 Å². The monoisotopic (exact) mass is 222 g/mol. The van der Waals surface area contributed by atoms with Crippen molar-refractivity contribution in [3.05, 3.63) is 35.9 Å². The predicted octanol–water partition coefficient (Wildman–Crippen LogP) is 2.20. The third-order valence-electron chi connectivity index (χ3n) is 1.99. The highest BCUT2D eigenvalue weighted by Gasteiger charge is 2.01. The van der Waals surface area contributed by atoms with Gasteiger partial charge in [-0.2, -0.15) is 0 Å². The summed E-state index contributed by atoms with van der Waals surface area (Å²) in [6.07, 6.45) is 0.929. The molecular formula is C13H18O3. The minimum absolute atomic E-state index is 0.00983. The largest absolute Gasteiger partial charge is 0.374 e. The maximum atomic E-state index is 11.3. The number of rotatable bonds is 8. The van der Waals surface area contributed by atoms with Crippen LogP contribution in [-0.4, -0.2) is 25.6 Å². The Labute approximate surface area is 96.4 Å². The number of Topliss-reactive ketones (excluding diaryl/α,β-unsaturated/α-hetero) is 1. The Bertz CT molecular complexity index is 295. The predicted molar refractivity (Wildman–Crippen MR) is 62.2 cm³/mol. The van der Waals surface area contributed by atoms with Crippen molar-refractivity contribution in [1.82, 2.24) is 0 Å². The minimum Gasteiger partial charge on any atom is -0.374 e. The average molecular weight is 222 g/mol. The van der Waals surface area contributed by atoms with Gasteiger partial charge in [-0.05, 0) is 12.0 Å². The van der Waals surface area contributed by atoms with Crippen LogP contribution < -0.4 is 0 Å². The number of hydrogen-bond donors (Lipinski definition) is 0. The second kappa shape index (κ2) is 8.02. The number of hydrogen-bond acceptors (Lipinski definition) is 3. The van der Waals surface area contributed by atoms with Gasteiger partial charge in [0.25, 0.3) is 0 Å². The first-order valence-corrected chi connectivity index (χ1v) is 5.54. The lowest BCUT2D eigenvalue weighted by atomic mass is 10.2. The molecule has 1 aromatic rings. The van der Waals surface area contributed by atoms with Crippen LogP contribution in [0.1, 0.15) is 18.9 Å². The number of ether oxygens (including phenoxy) is 2. The third kappa shape index (κ3) is 5.63. The molecule has 0 atom stereocenters. The van der Waals surface area contributed by atoms with E-state index in [1.165, 1.54) is 0 Å². The lowest BCUT2D eigenvalue weighted by molar-refractivity contribution is -0.128. The number of carbonyl (C=O) groups is 1. The molecule has 88 valence electrons. The van der Waals surface area contributed by atoms with Gasteiger partial charge in [-0.15, -0.1) is 0 Å². The van der Waals surface area contributed by atoms with Crippen molar-refractivity contribution in [3.8, 4) is 0 Å². The maximum absolute atomic E-state index is 11.3. The molecule has 0 saturated heterocycles. The van der Waals surface area contributed by atoms with Crippen LogP contribution >= 0.6 is 0 Å². The molecular weight excluding hydrogens is 204 g/mol. The van der Waals surface area contributed by atoms with E-state index in [2.05, 4.69) is 0 Å². The van der Waals surface area contributed by atoms with E-state index >= 15 is 0 Å². The van der Waals surface area contributed by atoms with Crippen LogP contribution in [0.5, 0.6) is 0 Å². The zero-order valence-electron chi connectivity index (χ0n) is 9.65. The quantitative estimate of drug-likeness (QED) is 0.632. The van der Waals surface area contributed by atoms with Crippen molar-refractivity contribution >= 4 is 5.78 Å². The number of carbonyl (C=O) groups excluding carboxylic acids is 1. The molecule has 3 heteroatoms. The van der Waals surface area contributed by atoms with Crippen LogP contribution in [0.15, 0.2) is 30.3 Å². The van der Waals surface area contributed by atoms with Gasteiger partial charge in [0.2, 0.25) is 0 Å². The highest BCUT2D eigenvalue weighted by molar-refractivity contribution is 5.80. The molecule has 0 heterocycles. The van der Waals surface area contributed by atoms with Gasteiger partial charge in [0.05, 0.1) is 6.61 Å². The molecule has 0 fully saturated rings. The highest BCUT2D eigenvalue weighted by atomic mass is 16.5. The van der Waals surface area contributed by atoms with Gasteiger partial charge >= 0.3 is 0 Å². The van der Waals surface area contributed by atoms with E-state index in [4.69, 9.17) is 9.47 Å². The van der Waals surface area contributed by atoms with E-state index in [0.717, 1.165) is 12.0 Å². The van der Waals surface area contributed by atoms with Crippen molar-refractivity contribution in [2.75, 3.05) is 19.8 Å². The molecule has 0 aliphatic carbocycles. The molecule has 0 unspecified atom stereocenters. The van der Waals surface area contributed by atoms with Gasteiger partial charge < -0.3 is 9.47 Å². The molecule has 16 heavy (non-hydrogen) atoms. The standard InChI is InChI=1S/C13H18O3/c1-2-8-15-10-13(14)11-16-9-12-6-4-3-5-7-12/h3-7H,2,8-11H2,1H3.